The summed E-state index contributed by atoms with van der Waals surface area (Å²) in [4.78, 5) is 44.3. The molecule has 1 saturated heterocycles. The van der Waals surface area contributed by atoms with Crippen LogP contribution in [0.4, 0.5) is 5.82 Å². The van der Waals surface area contributed by atoms with E-state index in [-0.39, 0.29) is 18.7 Å². The van der Waals surface area contributed by atoms with Crippen LogP contribution in [0.3, 0.4) is 0 Å². The van der Waals surface area contributed by atoms with Crippen LogP contribution >= 0.6 is 0 Å². The lowest BCUT2D eigenvalue weighted by Gasteiger charge is -2.35. The van der Waals surface area contributed by atoms with E-state index in [9.17, 15) is 19.5 Å². The lowest BCUT2D eigenvalue weighted by molar-refractivity contribution is -0.142. The van der Waals surface area contributed by atoms with Gasteiger partial charge in [0.1, 0.15) is 5.82 Å². The predicted octanol–water partition coefficient (Wildman–Crippen LogP) is 1.45. The highest BCUT2D eigenvalue weighted by atomic mass is 16.4. The van der Waals surface area contributed by atoms with Crippen molar-refractivity contribution in [3.63, 3.8) is 0 Å². The van der Waals surface area contributed by atoms with Gasteiger partial charge >= 0.3 is 5.97 Å². The molecule has 152 valence electrons. The molecule has 3 rings (SSSR count). The third-order valence-corrected chi connectivity index (χ3v) is 4.86. The molecule has 1 aliphatic rings. The molecule has 1 fully saturated rings. The summed E-state index contributed by atoms with van der Waals surface area (Å²) in [5, 5.41) is 11.9. The zero-order chi connectivity index (χ0) is 20.6. The maximum Gasteiger partial charge on any atom is 0.330 e. The predicted molar refractivity (Wildman–Crippen MR) is 107 cm³/mol. The molecule has 1 atom stereocenters. The average Bonchev–Trinajstić information content (AvgIpc) is 2.77. The lowest BCUT2D eigenvalue weighted by Crippen LogP contribution is -2.49. The van der Waals surface area contributed by atoms with E-state index in [0.29, 0.717) is 31.7 Å². The summed E-state index contributed by atoms with van der Waals surface area (Å²) in [6.45, 7) is 2.51. The Labute approximate surface area is 169 Å². The molecule has 2 N–H and O–H groups in total. The second-order valence-corrected chi connectivity index (χ2v) is 6.81. The fourth-order valence-corrected chi connectivity index (χ4v) is 3.27. The number of rotatable bonds is 7. The molecule has 29 heavy (non-hydrogen) atoms. The second-order valence-electron chi connectivity index (χ2n) is 6.81. The van der Waals surface area contributed by atoms with Gasteiger partial charge in [0.05, 0.1) is 0 Å². The average molecular weight is 396 g/mol. The van der Waals surface area contributed by atoms with Gasteiger partial charge in [0, 0.05) is 45.2 Å². The number of aliphatic carboxylic acids is 1. The molecule has 0 aliphatic carbocycles. The summed E-state index contributed by atoms with van der Waals surface area (Å²) in [5.74, 6) is -0.810. The summed E-state index contributed by atoms with van der Waals surface area (Å²) in [6.07, 6.45) is 1.75. The smallest absolute Gasteiger partial charge is 0.330 e. The third-order valence-electron chi connectivity index (χ3n) is 4.86. The highest BCUT2D eigenvalue weighted by Crippen LogP contribution is 2.15. The van der Waals surface area contributed by atoms with Gasteiger partial charge in [-0.25, -0.2) is 9.78 Å². The maximum atomic E-state index is 12.4. The Morgan fingerprint density at radius 2 is 1.66 bits per heavy atom. The fraction of sp³-hybridized carbons (Fsp3) is 0.333. The molecule has 2 heterocycles. The fourth-order valence-electron chi connectivity index (χ4n) is 3.27. The Bertz CT molecular complexity index is 836. The van der Waals surface area contributed by atoms with E-state index in [1.807, 2.05) is 18.2 Å². The Morgan fingerprint density at radius 1 is 0.966 bits per heavy atom. The van der Waals surface area contributed by atoms with E-state index < -0.39 is 17.9 Å². The van der Waals surface area contributed by atoms with Gasteiger partial charge in [0.15, 0.2) is 6.04 Å². The number of carboxylic acid groups (broad SMARTS) is 1. The largest absolute Gasteiger partial charge is 0.479 e. The van der Waals surface area contributed by atoms with Crippen LogP contribution < -0.4 is 10.2 Å². The molecule has 0 bridgehead atoms. The molecule has 8 heteroatoms. The molecule has 2 amide bonds. The van der Waals surface area contributed by atoms with Crippen molar-refractivity contribution in [3.05, 3.63) is 60.3 Å². The molecule has 0 saturated carbocycles. The van der Waals surface area contributed by atoms with Crippen LogP contribution in [0.15, 0.2) is 54.7 Å². The number of pyridine rings is 1. The minimum absolute atomic E-state index is 0.0457. The quantitative estimate of drug-likeness (QED) is 0.734. The van der Waals surface area contributed by atoms with Gasteiger partial charge in [-0.2, -0.15) is 0 Å². The standard InChI is InChI=1S/C21H24N4O4/c26-18(23-20(21(28)29)16-6-2-1-3-7-16)9-10-19(27)25-14-12-24(13-15-25)17-8-4-5-11-22-17/h1-8,11,20H,9-10,12-15H2,(H,23,26)(H,28,29)/t20-/m1/s1. The van der Waals surface area contributed by atoms with Crippen molar-refractivity contribution in [3.8, 4) is 0 Å². The second kappa shape index (κ2) is 9.68. The number of amides is 2. The molecule has 2 aromatic rings. The number of hydrogen-bond donors (Lipinski definition) is 2. The van der Waals surface area contributed by atoms with Crippen molar-refractivity contribution < 1.29 is 19.5 Å². The first kappa shape index (κ1) is 20.3. The number of carbonyl (C=O) groups is 3. The number of piperazine rings is 1. The molecule has 0 spiro atoms. The van der Waals surface area contributed by atoms with Gasteiger partial charge in [-0.05, 0) is 17.7 Å². The first-order valence-electron chi connectivity index (χ1n) is 9.55. The number of carbonyl (C=O) groups excluding carboxylic acids is 2. The SMILES string of the molecule is O=C(CCC(=O)N1CCN(c2ccccn2)CC1)N[C@@H](C(=O)O)c1ccccc1. The van der Waals surface area contributed by atoms with Crippen molar-refractivity contribution in [2.45, 2.75) is 18.9 Å². The Hall–Kier alpha value is -3.42. The van der Waals surface area contributed by atoms with Crippen LogP contribution in [0.25, 0.3) is 0 Å². The van der Waals surface area contributed by atoms with Gasteiger partial charge in [-0.1, -0.05) is 36.4 Å². The van der Waals surface area contributed by atoms with Crippen LogP contribution in [0, 0.1) is 0 Å². The Morgan fingerprint density at radius 3 is 2.28 bits per heavy atom. The van der Waals surface area contributed by atoms with Gasteiger partial charge < -0.3 is 20.2 Å². The minimum Gasteiger partial charge on any atom is -0.479 e. The first-order valence-corrected chi connectivity index (χ1v) is 9.55. The van der Waals surface area contributed by atoms with Crippen LogP contribution in [0.5, 0.6) is 0 Å². The number of benzene rings is 1. The number of hydrogen-bond acceptors (Lipinski definition) is 5. The minimum atomic E-state index is -1.14. The summed E-state index contributed by atoms with van der Waals surface area (Å²) in [5.41, 5.74) is 0.491. The van der Waals surface area contributed by atoms with Crippen molar-refractivity contribution in [2.75, 3.05) is 31.1 Å². The highest BCUT2D eigenvalue weighted by molar-refractivity contribution is 5.87. The van der Waals surface area contributed by atoms with Crippen molar-refractivity contribution >= 4 is 23.6 Å². The number of nitrogens with zero attached hydrogens (tertiary/aromatic N) is 3. The molecular weight excluding hydrogens is 372 g/mol. The monoisotopic (exact) mass is 396 g/mol. The van der Waals surface area contributed by atoms with E-state index >= 15 is 0 Å². The van der Waals surface area contributed by atoms with E-state index in [1.54, 1.807) is 41.4 Å². The third kappa shape index (κ3) is 5.54. The molecule has 0 radical (unpaired) electrons. The maximum absolute atomic E-state index is 12.4. The summed E-state index contributed by atoms with van der Waals surface area (Å²) < 4.78 is 0. The summed E-state index contributed by atoms with van der Waals surface area (Å²) in [6, 6.07) is 13.1. The van der Waals surface area contributed by atoms with E-state index in [1.165, 1.54) is 0 Å². The van der Waals surface area contributed by atoms with Crippen LogP contribution in [0.1, 0.15) is 24.4 Å². The van der Waals surface area contributed by atoms with E-state index in [2.05, 4.69) is 15.2 Å². The summed E-state index contributed by atoms with van der Waals surface area (Å²) >= 11 is 0. The molecule has 1 aromatic carbocycles. The number of anilines is 1. The molecule has 8 nitrogen and oxygen atoms in total. The highest BCUT2D eigenvalue weighted by Gasteiger charge is 2.24. The van der Waals surface area contributed by atoms with E-state index in [4.69, 9.17) is 0 Å². The molecular formula is C21H24N4O4. The van der Waals surface area contributed by atoms with E-state index in [0.717, 1.165) is 5.82 Å². The van der Waals surface area contributed by atoms with Gasteiger partial charge in [-0.15, -0.1) is 0 Å². The van der Waals surface area contributed by atoms with Crippen molar-refractivity contribution in [1.82, 2.24) is 15.2 Å². The van der Waals surface area contributed by atoms with Gasteiger partial charge in [0.2, 0.25) is 11.8 Å². The van der Waals surface area contributed by atoms with Crippen LogP contribution in [-0.4, -0.2) is 59.0 Å². The van der Waals surface area contributed by atoms with Gasteiger partial charge in [0.25, 0.3) is 0 Å². The molecule has 1 aliphatic heterocycles. The van der Waals surface area contributed by atoms with Crippen molar-refractivity contribution in [2.24, 2.45) is 0 Å². The van der Waals surface area contributed by atoms with Crippen molar-refractivity contribution in [1.29, 1.82) is 0 Å². The van der Waals surface area contributed by atoms with Crippen LogP contribution in [-0.2, 0) is 14.4 Å². The summed E-state index contributed by atoms with van der Waals surface area (Å²) in [7, 11) is 0. The van der Waals surface area contributed by atoms with Crippen LogP contribution in [0.2, 0.25) is 0 Å². The van der Waals surface area contributed by atoms with Gasteiger partial charge in [-0.3, -0.25) is 9.59 Å². The Kier molecular flexibility index (Phi) is 6.78. The Balaban J connectivity index is 1.45. The topological polar surface area (TPSA) is 103 Å². The lowest BCUT2D eigenvalue weighted by atomic mass is 10.1. The zero-order valence-electron chi connectivity index (χ0n) is 16.0. The zero-order valence-corrected chi connectivity index (χ0v) is 16.0. The normalized spacial score (nSPS) is 14.9. The number of aromatic nitrogens is 1. The number of nitrogens with one attached hydrogen (secondary N) is 1. The first-order chi connectivity index (χ1) is 14.0. The molecule has 0 unspecified atom stereocenters. The number of carboxylic acids is 1. The molecule has 1 aromatic heterocycles.